The van der Waals surface area contributed by atoms with E-state index in [0.29, 0.717) is 5.96 Å². The van der Waals surface area contributed by atoms with E-state index < -0.39 is 0 Å². The second kappa shape index (κ2) is 4.13. The number of furan rings is 1. The van der Waals surface area contributed by atoms with Crippen LogP contribution in [0.4, 0.5) is 0 Å². The SMILES string of the molecule is NC1=N[C@]2(CCc3c(cccc3-c3ccoc3)C2)CN1. The fourth-order valence-electron chi connectivity index (χ4n) is 3.42. The van der Waals surface area contributed by atoms with Crippen LogP contribution in [0.2, 0.25) is 0 Å². The van der Waals surface area contributed by atoms with E-state index in [0.717, 1.165) is 31.4 Å². The number of nitrogens with two attached hydrogens (primary N) is 1. The summed E-state index contributed by atoms with van der Waals surface area (Å²) >= 11 is 0. The summed E-state index contributed by atoms with van der Waals surface area (Å²) < 4.78 is 5.22. The molecule has 2 aromatic rings. The maximum atomic E-state index is 5.79. The maximum absolute atomic E-state index is 5.79. The van der Waals surface area contributed by atoms with Crippen LogP contribution >= 0.6 is 0 Å². The fourth-order valence-corrected chi connectivity index (χ4v) is 3.42. The zero-order valence-corrected chi connectivity index (χ0v) is 11.2. The Labute approximate surface area is 117 Å². The molecule has 0 fully saturated rings. The zero-order chi connectivity index (χ0) is 13.6. The van der Waals surface area contributed by atoms with Gasteiger partial charge < -0.3 is 15.5 Å². The second-order valence-electron chi connectivity index (χ2n) is 5.71. The van der Waals surface area contributed by atoms with Crippen molar-refractivity contribution in [2.75, 3.05) is 6.54 Å². The number of hydrogen-bond donors (Lipinski definition) is 2. The third kappa shape index (κ3) is 1.72. The summed E-state index contributed by atoms with van der Waals surface area (Å²) in [4.78, 5) is 4.64. The molecule has 0 unspecified atom stereocenters. The van der Waals surface area contributed by atoms with Gasteiger partial charge in [0.1, 0.15) is 0 Å². The molecule has 20 heavy (non-hydrogen) atoms. The molecule has 4 heteroatoms. The van der Waals surface area contributed by atoms with Crippen LogP contribution in [0.1, 0.15) is 17.5 Å². The number of nitrogens with zero attached hydrogens (tertiary/aromatic N) is 1. The van der Waals surface area contributed by atoms with E-state index in [-0.39, 0.29) is 5.54 Å². The Balaban J connectivity index is 1.76. The number of nitrogens with one attached hydrogen (secondary N) is 1. The Hall–Kier alpha value is -2.23. The monoisotopic (exact) mass is 267 g/mol. The molecular weight excluding hydrogens is 250 g/mol. The summed E-state index contributed by atoms with van der Waals surface area (Å²) in [5, 5.41) is 3.17. The average molecular weight is 267 g/mol. The highest BCUT2D eigenvalue weighted by Gasteiger charge is 2.38. The van der Waals surface area contributed by atoms with Crippen molar-refractivity contribution in [3.63, 3.8) is 0 Å². The minimum absolute atomic E-state index is 0.0356. The van der Waals surface area contributed by atoms with E-state index in [1.54, 1.807) is 6.26 Å². The van der Waals surface area contributed by atoms with Crippen molar-refractivity contribution < 1.29 is 4.42 Å². The molecule has 1 atom stereocenters. The van der Waals surface area contributed by atoms with Gasteiger partial charge in [0.2, 0.25) is 0 Å². The predicted molar refractivity (Wildman–Crippen MR) is 78.5 cm³/mol. The van der Waals surface area contributed by atoms with Gasteiger partial charge in [-0.1, -0.05) is 18.2 Å². The summed E-state index contributed by atoms with van der Waals surface area (Å²) in [6.45, 7) is 0.855. The molecule has 0 saturated heterocycles. The zero-order valence-electron chi connectivity index (χ0n) is 11.2. The summed E-state index contributed by atoms with van der Waals surface area (Å²) in [6.07, 6.45) is 6.58. The first kappa shape index (κ1) is 11.6. The summed E-state index contributed by atoms with van der Waals surface area (Å²) in [5.41, 5.74) is 11.0. The van der Waals surface area contributed by atoms with Crippen LogP contribution in [-0.4, -0.2) is 18.0 Å². The van der Waals surface area contributed by atoms with Crippen LogP contribution in [0, 0.1) is 0 Å². The molecule has 102 valence electrons. The molecule has 3 N–H and O–H groups in total. The highest BCUT2D eigenvalue weighted by atomic mass is 16.3. The fraction of sp³-hybridized carbons (Fsp3) is 0.312. The van der Waals surface area contributed by atoms with Crippen LogP contribution in [0.5, 0.6) is 0 Å². The molecule has 0 radical (unpaired) electrons. The standard InChI is InChI=1S/C16H17N3O/c17-15-18-10-16(19-15)6-4-14-11(8-16)2-1-3-13(14)12-5-7-20-9-12/h1-3,5,7,9H,4,6,8,10H2,(H3,17,18,19)/t16-/m0/s1. The Morgan fingerprint density at radius 1 is 1.30 bits per heavy atom. The molecule has 1 spiro atoms. The molecule has 2 heterocycles. The summed E-state index contributed by atoms with van der Waals surface area (Å²) in [6, 6.07) is 8.53. The van der Waals surface area contributed by atoms with E-state index in [1.165, 1.54) is 16.7 Å². The van der Waals surface area contributed by atoms with Gasteiger partial charge in [-0.05, 0) is 42.0 Å². The highest BCUT2D eigenvalue weighted by Crippen LogP contribution is 2.37. The lowest BCUT2D eigenvalue weighted by atomic mass is 9.76. The average Bonchev–Trinajstić information content (AvgIpc) is 3.09. The van der Waals surface area contributed by atoms with Gasteiger partial charge in [0.05, 0.1) is 18.1 Å². The number of hydrogen-bond acceptors (Lipinski definition) is 4. The van der Waals surface area contributed by atoms with E-state index in [4.69, 9.17) is 10.2 Å². The lowest BCUT2D eigenvalue weighted by Crippen LogP contribution is -2.39. The van der Waals surface area contributed by atoms with Crippen molar-refractivity contribution >= 4 is 5.96 Å². The van der Waals surface area contributed by atoms with E-state index in [1.807, 2.05) is 12.3 Å². The molecule has 1 aliphatic heterocycles. The largest absolute Gasteiger partial charge is 0.472 e. The van der Waals surface area contributed by atoms with Gasteiger partial charge in [-0.2, -0.15) is 0 Å². The normalized spacial score (nSPS) is 24.3. The van der Waals surface area contributed by atoms with Gasteiger partial charge in [-0.25, -0.2) is 4.99 Å². The van der Waals surface area contributed by atoms with E-state index in [2.05, 4.69) is 28.5 Å². The van der Waals surface area contributed by atoms with Crippen molar-refractivity contribution in [2.45, 2.75) is 24.8 Å². The first-order chi connectivity index (χ1) is 9.76. The minimum atomic E-state index is -0.0356. The molecule has 1 aromatic heterocycles. The highest BCUT2D eigenvalue weighted by molar-refractivity contribution is 5.80. The topological polar surface area (TPSA) is 63.5 Å². The van der Waals surface area contributed by atoms with Crippen LogP contribution < -0.4 is 11.1 Å². The molecule has 0 bridgehead atoms. The molecule has 4 nitrogen and oxygen atoms in total. The molecule has 1 aliphatic carbocycles. The maximum Gasteiger partial charge on any atom is 0.189 e. The molecule has 1 aromatic carbocycles. The number of benzene rings is 1. The molecule has 0 saturated carbocycles. The van der Waals surface area contributed by atoms with Gasteiger partial charge in [0.15, 0.2) is 5.96 Å². The first-order valence-electron chi connectivity index (χ1n) is 6.98. The summed E-state index contributed by atoms with van der Waals surface area (Å²) in [7, 11) is 0. The van der Waals surface area contributed by atoms with E-state index in [9.17, 15) is 0 Å². The minimum Gasteiger partial charge on any atom is -0.472 e. The lowest BCUT2D eigenvalue weighted by molar-refractivity contribution is 0.394. The van der Waals surface area contributed by atoms with Gasteiger partial charge in [-0.3, -0.25) is 0 Å². The van der Waals surface area contributed by atoms with Crippen LogP contribution in [-0.2, 0) is 12.8 Å². The van der Waals surface area contributed by atoms with Crippen molar-refractivity contribution in [3.05, 3.63) is 47.9 Å². The van der Waals surface area contributed by atoms with Crippen LogP contribution in [0.15, 0.2) is 46.2 Å². The molecule has 0 amide bonds. The third-order valence-electron chi connectivity index (χ3n) is 4.42. The Bertz CT molecular complexity index is 675. The number of fused-ring (bicyclic) bond motifs is 1. The van der Waals surface area contributed by atoms with Crippen molar-refractivity contribution in [3.8, 4) is 11.1 Å². The Morgan fingerprint density at radius 3 is 3.00 bits per heavy atom. The van der Waals surface area contributed by atoms with Crippen molar-refractivity contribution in [2.24, 2.45) is 10.7 Å². The van der Waals surface area contributed by atoms with Gasteiger partial charge in [0.25, 0.3) is 0 Å². The lowest BCUT2D eigenvalue weighted by Gasteiger charge is -2.32. The first-order valence-corrected chi connectivity index (χ1v) is 6.98. The van der Waals surface area contributed by atoms with Gasteiger partial charge in [0, 0.05) is 12.1 Å². The Morgan fingerprint density at radius 2 is 2.25 bits per heavy atom. The molecular formula is C16H17N3O. The molecule has 4 rings (SSSR count). The number of aliphatic imine (C=N–C) groups is 1. The van der Waals surface area contributed by atoms with Crippen LogP contribution in [0.3, 0.4) is 0 Å². The Kier molecular flexibility index (Phi) is 2.39. The second-order valence-corrected chi connectivity index (χ2v) is 5.71. The van der Waals surface area contributed by atoms with Gasteiger partial charge >= 0.3 is 0 Å². The van der Waals surface area contributed by atoms with Crippen LogP contribution in [0.25, 0.3) is 11.1 Å². The number of rotatable bonds is 1. The quantitative estimate of drug-likeness (QED) is 0.831. The van der Waals surface area contributed by atoms with E-state index >= 15 is 0 Å². The predicted octanol–water partition coefficient (Wildman–Crippen LogP) is 2.09. The summed E-state index contributed by atoms with van der Waals surface area (Å²) in [5.74, 6) is 0.583. The van der Waals surface area contributed by atoms with Crippen molar-refractivity contribution in [1.82, 2.24) is 5.32 Å². The number of guanidine groups is 1. The van der Waals surface area contributed by atoms with Gasteiger partial charge in [-0.15, -0.1) is 0 Å². The molecule has 2 aliphatic rings. The van der Waals surface area contributed by atoms with Crippen molar-refractivity contribution in [1.29, 1.82) is 0 Å². The third-order valence-corrected chi connectivity index (χ3v) is 4.42. The smallest absolute Gasteiger partial charge is 0.189 e.